The molecule has 1 N–H and O–H groups in total. The van der Waals surface area contributed by atoms with Gasteiger partial charge in [0, 0.05) is 12.6 Å². The Hall–Kier alpha value is -3.84. The van der Waals surface area contributed by atoms with Crippen LogP contribution in [0.25, 0.3) is 0 Å². The molecular weight excluding hydrogens is 418 g/mol. The molecule has 3 aromatic rings. The highest BCUT2D eigenvalue weighted by atomic mass is 16.5. The van der Waals surface area contributed by atoms with Gasteiger partial charge in [0.1, 0.15) is 5.54 Å². The highest BCUT2D eigenvalue weighted by Crippen LogP contribution is 2.50. The van der Waals surface area contributed by atoms with E-state index in [4.69, 9.17) is 4.74 Å². The summed E-state index contributed by atoms with van der Waals surface area (Å²) in [6.07, 6.45) is 1.84. The van der Waals surface area contributed by atoms with Crippen LogP contribution in [0.2, 0.25) is 0 Å². The number of carbonyl (C=O) groups excluding carboxylic acids is 3. The zero-order chi connectivity index (χ0) is 23.0. The molecule has 3 heterocycles. The molecule has 0 aliphatic carbocycles. The minimum Gasteiger partial charge on any atom is -0.468 e. The number of amides is 2. The topological polar surface area (TPSA) is 88.6 Å². The van der Waals surface area contributed by atoms with E-state index in [-0.39, 0.29) is 12.3 Å². The van der Waals surface area contributed by atoms with Crippen LogP contribution < -0.4 is 10.2 Å². The molecule has 0 bridgehead atoms. The first-order valence-corrected chi connectivity index (χ1v) is 10.8. The Morgan fingerprint density at radius 3 is 2.27 bits per heavy atom. The quantitative estimate of drug-likeness (QED) is 0.484. The van der Waals surface area contributed by atoms with Crippen LogP contribution in [0, 0.1) is 11.8 Å². The molecular formula is C26H23N3O4. The second kappa shape index (κ2) is 8.26. The summed E-state index contributed by atoms with van der Waals surface area (Å²) in [5.41, 5.74) is 0.524. The van der Waals surface area contributed by atoms with Gasteiger partial charge in [-0.2, -0.15) is 0 Å². The van der Waals surface area contributed by atoms with Gasteiger partial charge in [0.05, 0.1) is 36.4 Å². The number of anilines is 1. The van der Waals surface area contributed by atoms with Crippen molar-refractivity contribution in [3.05, 3.63) is 96.3 Å². The maximum absolute atomic E-state index is 13.8. The number of nitrogens with one attached hydrogen (secondary N) is 1. The van der Waals surface area contributed by atoms with E-state index in [0.717, 1.165) is 5.56 Å². The average molecular weight is 441 g/mol. The van der Waals surface area contributed by atoms with Crippen molar-refractivity contribution in [3.63, 3.8) is 0 Å². The fourth-order valence-electron chi connectivity index (χ4n) is 5.17. The van der Waals surface area contributed by atoms with E-state index in [2.05, 4.69) is 10.3 Å². The van der Waals surface area contributed by atoms with Crippen molar-refractivity contribution in [2.75, 3.05) is 12.0 Å². The number of ether oxygens (including phenoxy) is 1. The first-order valence-electron chi connectivity index (χ1n) is 10.8. The van der Waals surface area contributed by atoms with Crippen molar-refractivity contribution in [3.8, 4) is 0 Å². The van der Waals surface area contributed by atoms with E-state index in [0.29, 0.717) is 11.4 Å². The van der Waals surface area contributed by atoms with Crippen LogP contribution in [0.3, 0.4) is 0 Å². The predicted molar refractivity (Wildman–Crippen MR) is 121 cm³/mol. The Morgan fingerprint density at radius 2 is 1.64 bits per heavy atom. The first kappa shape index (κ1) is 21.0. The maximum Gasteiger partial charge on any atom is 0.327 e. The van der Waals surface area contributed by atoms with E-state index in [1.165, 1.54) is 12.0 Å². The first-order chi connectivity index (χ1) is 16.1. The Morgan fingerprint density at radius 1 is 0.970 bits per heavy atom. The fourth-order valence-corrected chi connectivity index (χ4v) is 5.17. The Bertz CT molecular complexity index is 1190. The monoisotopic (exact) mass is 441 g/mol. The van der Waals surface area contributed by atoms with Crippen LogP contribution >= 0.6 is 0 Å². The number of hydrogen-bond donors (Lipinski definition) is 1. The number of methoxy groups -OCH3 is 1. The molecule has 2 saturated heterocycles. The molecule has 0 saturated carbocycles. The lowest BCUT2D eigenvalue weighted by atomic mass is 9.76. The Labute approximate surface area is 191 Å². The number of benzene rings is 2. The molecule has 7 nitrogen and oxygen atoms in total. The summed E-state index contributed by atoms with van der Waals surface area (Å²) in [7, 11) is 1.30. The lowest BCUT2D eigenvalue weighted by molar-refractivity contribution is -0.152. The molecule has 0 spiro atoms. The summed E-state index contributed by atoms with van der Waals surface area (Å²) in [5, 5.41) is 3.35. The van der Waals surface area contributed by atoms with E-state index in [9.17, 15) is 14.4 Å². The average Bonchev–Trinajstić information content (AvgIpc) is 3.34. The predicted octanol–water partition coefficient (Wildman–Crippen LogP) is 2.69. The number of aromatic nitrogens is 1. The zero-order valence-corrected chi connectivity index (χ0v) is 18.0. The minimum atomic E-state index is -1.42. The molecule has 4 atom stereocenters. The summed E-state index contributed by atoms with van der Waals surface area (Å²) in [4.78, 5) is 46.6. The van der Waals surface area contributed by atoms with Crippen LogP contribution in [0.5, 0.6) is 0 Å². The van der Waals surface area contributed by atoms with E-state index in [1.54, 1.807) is 42.6 Å². The molecule has 2 aliphatic heterocycles. The molecule has 2 aliphatic rings. The van der Waals surface area contributed by atoms with Crippen molar-refractivity contribution in [2.45, 2.75) is 18.0 Å². The summed E-state index contributed by atoms with van der Waals surface area (Å²) < 4.78 is 5.22. The molecule has 2 aromatic carbocycles. The summed E-state index contributed by atoms with van der Waals surface area (Å²) in [5.74, 6) is -3.07. The lowest BCUT2D eigenvalue weighted by Gasteiger charge is -2.32. The van der Waals surface area contributed by atoms with Crippen molar-refractivity contribution < 1.29 is 19.1 Å². The van der Waals surface area contributed by atoms with Gasteiger partial charge in [-0.05, 0) is 29.8 Å². The number of carbonyl (C=O) groups is 3. The van der Waals surface area contributed by atoms with Gasteiger partial charge < -0.3 is 4.74 Å². The van der Waals surface area contributed by atoms with Crippen LogP contribution in [-0.4, -0.2) is 35.4 Å². The maximum atomic E-state index is 13.8. The summed E-state index contributed by atoms with van der Waals surface area (Å²) in [6, 6.07) is 23.0. The van der Waals surface area contributed by atoms with E-state index >= 15 is 0 Å². The van der Waals surface area contributed by atoms with Gasteiger partial charge in [0.15, 0.2) is 0 Å². The molecule has 2 amide bonds. The highest BCUT2D eigenvalue weighted by molar-refractivity contribution is 6.24. The standard InChI is InChI=1S/C26H23N3O4/c1-33-25(32)26(16-17-10-4-2-5-11-17)21-20(22(28-26)19-14-8-9-15-27-19)23(30)29(24(21)31)18-12-6-3-7-13-18/h2-15,20-22,28H,16H2,1H3/t20-,21-,22-,26-/m0/s1. The largest absolute Gasteiger partial charge is 0.468 e. The third-order valence-electron chi connectivity index (χ3n) is 6.55. The molecule has 5 rings (SSSR count). The number of fused-ring (bicyclic) bond motifs is 1. The van der Waals surface area contributed by atoms with Crippen molar-refractivity contribution in [1.29, 1.82) is 0 Å². The van der Waals surface area contributed by atoms with Crippen LogP contribution in [0.1, 0.15) is 17.3 Å². The lowest BCUT2D eigenvalue weighted by Crippen LogP contribution is -2.57. The number of hydrogen-bond acceptors (Lipinski definition) is 6. The number of pyridine rings is 1. The normalized spacial score (nSPS) is 26.3. The van der Waals surface area contributed by atoms with Crippen LogP contribution in [-0.2, 0) is 25.5 Å². The van der Waals surface area contributed by atoms with Crippen molar-refractivity contribution in [2.24, 2.45) is 11.8 Å². The number of esters is 1. The third-order valence-corrected chi connectivity index (χ3v) is 6.55. The zero-order valence-electron chi connectivity index (χ0n) is 18.0. The number of rotatable bonds is 5. The SMILES string of the molecule is COC(=O)[C@@]1(Cc2ccccc2)N[C@@H](c2ccccn2)[C@H]2C(=O)N(c3ccccc3)C(=O)[C@H]21. The van der Waals surface area contributed by atoms with Gasteiger partial charge in [-0.25, -0.2) is 4.90 Å². The van der Waals surface area contributed by atoms with Crippen LogP contribution in [0.4, 0.5) is 5.69 Å². The summed E-state index contributed by atoms with van der Waals surface area (Å²) in [6.45, 7) is 0. The number of nitrogens with zero attached hydrogens (tertiary/aromatic N) is 2. The Kier molecular flexibility index (Phi) is 5.26. The minimum absolute atomic E-state index is 0.201. The molecule has 0 unspecified atom stereocenters. The second-order valence-corrected chi connectivity index (χ2v) is 8.35. The van der Waals surface area contributed by atoms with Gasteiger partial charge in [0.25, 0.3) is 0 Å². The summed E-state index contributed by atoms with van der Waals surface area (Å²) >= 11 is 0. The number of para-hydroxylation sites is 1. The van der Waals surface area contributed by atoms with Gasteiger partial charge in [-0.15, -0.1) is 0 Å². The van der Waals surface area contributed by atoms with Crippen molar-refractivity contribution >= 4 is 23.5 Å². The third kappa shape index (κ3) is 3.32. The second-order valence-electron chi connectivity index (χ2n) is 8.35. The highest BCUT2D eigenvalue weighted by Gasteiger charge is 2.69. The van der Waals surface area contributed by atoms with E-state index < -0.39 is 35.3 Å². The molecule has 7 heteroatoms. The molecule has 2 fully saturated rings. The molecule has 0 radical (unpaired) electrons. The van der Waals surface area contributed by atoms with E-state index in [1.807, 2.05) is 42.5 Å². The van der Waals surface area contributed by atoms with Gasteiger partial charge in [-0.1, -0.05) is 54.6 Å². The smallest absolute Gasteiger partial charge is 0.327 e. The van der Waals surface area contributed by atoms with Gasteiger partial charge in [0.2, 0.25) is 11.8 Å². The fraction of sp³-hybridized carbons (Fsp3) is 0.231. The number of imide groups is 1. The molecule has 166 valence electrons. The Balaban J connectivity index is 1.67. The van der Waals surface area contributed by atoms with Crippen molar-refractivity contribution in [1.82, 2.24) is 10.3 Å². The van der Waals surface area contributed by atoms with Gasteiger partial charge in [-0.3, -0.25) is 24.7 Å². The molecule has 1 aromatic heterocycles. The van der Waals surface area contributed by atoms with Crippen LogP contribution in [0.15, 0.2) is 85.1 Å². The molecule has 33 heavy (non-hydrogen) atoms. The van der Waals surface area contributed by atoms with Gasteiger partial charge >= 0.3 is 5.97 Å².